The second kappa shape index (κ2) is 9.58. The van der Waals surface area contributed by atoms with E-state index in [0.717, 1.165) is 34.5 Å². The van der Waals surface area contributed by atoms with Crippen LogP contribution in [-0.4, -0.2) is 51.6 Å². The molecular formula is C24H21ClN2O6. The van der Waals surface area contributed by atoms with Crippen molar-refractivity contribution in [1.82, 2.24) is 10.3 Å². The third-order valence-electron chi connectivity index (χ3n) is 5.60. The summed E-state index contributed by atoms with van der Waals surface area (Å²) in [5.74, 6) is -1.42. The summed E-state index contributed by atoms with van der Waals surface area (Å²) in [5, 5.41) is 31.8. The van der Waals surface area contributed by atoms with Crippen molar-refractivity contribution < 1.29 is 29.6 Å². The van der Waals surface area contributed by atoms with E-state index in [-0.39, 0.29) is 35.3 Å². The number of aliphatic hydroxyl groups excluding tert-OH is 2. The van der Waals surface area contributed by atoms with Gasteiger partial charge < -0.3 is 25.4 Å². The van der Waals surface area contributed by atoms with E-state index in [9.17, 15) is 19.8 Å². The molecule has 4 rings (SSSR count). The number of rotatable bonds is 7. The number of aromatic carboxylic acids is 1. The van der Waals surface area contributed by atoms with Crippen LogP contribution >= 0.6 is 11.6 Å². The number of aromatic nitrogens is 1. The molecule has 2 aromatic carbocycles. The number of benzene rings is 2. The first-order valence-electron chi connectivity index (χ1n) is 10.2. The number of amides is 1. The van der Waals surface area contributed by atoms with Crippen LogP contribution in [0.2, 0.25) is 5.15 Å². The largest absolute Gasteiger partial charge is 0.478 e. The van der Waals surface area contributed by atoms with Crippen molar-refractivity contribution in [2.24, 2.45) is 0 Å². The van der Waals surface area contributed by atoms with E-state index < -0.39 is 24.3 Å². The van der Waals surface area contributed by atoms with Crippen LogP contribution in [0.15, 0.2) is 60.8 Å². The zero-order valence-electron chi connectivity index (χ0n) is 17.3. The molecule has 0 saturated carbocycles. The number of hydrogen-bond donors (Lipinski definition) is 4. The number of alkyl carbamates (subject to hydrolysis) is 1. The number of ether oxygens (including phenoxy) is 1. The van der Waals surface area contributed by atoms with E-state index in [0.29, 0.717) is 0 Å². The molecule has 1 heterocycles. The first kappa shape index (κ1) is 22.7. The maximum absolute atomic E-state index is 12.2. The van der Waals surface area contributed by atoms with Gasteiger partial charge in [0.25, 0.3) is 0 Å². The number of hydrogen-bond acceptors (Lipinski definition) is 6. The van der Waals surface area contributed by atoms with Crippen molar-refractivity contribution in [3.05, 3.63) is 88.2 Å². The number of nitrogens with zero attached hydrogens (tertiary/aromatic N) is 1. The van der Waals surface area contributed by atoms with Gasteiger partial charge >= 0.3 is 12.1 Å². The van der Waals surface area contributed by atoms with Gasteiger partial charge in [-0.2, -0.15) is 0 Å². The minimum atomic E-state index is -1.48. The van der Waals surface area contributed by atoms with Crippen molar-refractivity contribution in [3.8, 4) is 11.1 Å². The number of carbonyl (C=O) groups is 2. The van der Waals surface area contributed by atoms with Crippen molar-refractivity contribution in [2.45, 2.75) is 18.1 Å². The molecule has 1 aliphatic carbocycles. The van der Waals surface area contributed by atoms with Crippen molar-refractivity contribution >= 4 is 23.7 Å². The molecule has 0 aliphatic heterocycles. The summed E-state index contributed by atoms with van der Waals surface area (Å²) in [6, 6.07) is 17.0. The summed E-state index contributed by atoms with van der Waals surface area (Å²) in [5.41, 5.74) is 4.12. The number of carboxylic acids is 1. The zero-order valence-corrected chi connectivity index (χ0v) is 18.1. The van der Waals surface area contributed by atoms with Gasteiger partial charge in [0.1, 0.15) is 24.0 Å². The normalized spacial score (nSPS) is 14.2. The Hall–Kier alpha value is -3.46. The quantitative estimate of drug-likeness (QED) is 0.391. The summed E-state index contributed by atoms with van der Waals surface area (Å²) >= 11 is 5.72. The number of fused-ring (bicyclic) bond motifs is 3. The summed E-state index contributed by atoms with van der Waals surface area (Å²) in [6.45, 7) is -0.204. The van der Waals surface area contributed by atoms with Gasteiger partial charge in [-0.15, -0.1) is 0 Å². The summed E-state index contributed by atoms with van der Waals surface area (Å²) in [7, 11) is 0. The molecule has 0 fully saturated rings. The van der Waals surface area contributed by atoms with Gasteiger partial charge in [0.2, 0.25) is 0 Å². The number of carbonyl (C=O) groups excluding carboxylic acids is 1. The molecule has 0 bridgehead atoms. The Kier molecular flexibility index (Phi) is 6.60. The van der Waals surface area contributed by atoms with Gasteiger partial charge in [-0.3, -0.25) is 0 Å². The lowest BCUT2D eigenvalue weighted by Crippen LogP contribution is -2.36. The number of pyridine rings is 1. The highest BCUT2D eigenvalue weighted by atomic mass is 35.5. The van der Waals surface area contributed by atoms with Crippen LogP contribution in [0.5, 0.6) is 0 Å². The summed E-state index contributed by atoms with van der Waals surface area (Å²) in [4.78, 5) is 27.1. The molecule has 3 aromatic rings. The van der Waals surface area contributed by atoms with E-state index in [1.807, 2.05) is 48.5 Å². The fourth-order valence-corrected chi connectivity index (χ4v) is 4.13. The molecule has 2 atom stereocenters. The monoisotopic (exact) mass is 468 g/mol. The Morgan fingerprint density at radius 1 is 1.06 bits per heavy atom. The van der Waals surface area contributed by atoms with E-state index in [4.69, 9.17) is 21.4 Å². The number of nitrogens with one attached hydrogen (secondary N) is 1. The van der Waals surface area contributed by atoms with Crippen LogP contribution in [-0.2, 0) is 4.74 Å². The molecule has 33 heavy (non-hydrogen) atoms. The summed E-state index contributed by atoms with van der Waals surface area (Å²) < 4.78 is 5.39. The molecule has 0 spiro atoms. The fourth-order valence-electron chi connectivity index (χ4n) is 3.95. The molecule has 170 valence electrons. The second-order valence-corrected chi connectivity index (χ2v) is 7.99. The molecule has 8 nitrogen and oxygen atoms in total. The minimum Gasteiger partial charge on any atom is -0.478 e. The van der Waals surface area contributed by atoms with E-state index in [1.165, 1.54) is 0 Å². The Morgan fingerprint density at radius 2 is 1.67 bits per heavy atom. The van der Waals surface area contributed by atoms with Crippen LogP contribution < -0.4 is 5.32 Å². The minimum absolute atomic E-state index is 0.0543. The van der Waals surface area contributed by atoms with Crippen molar-refractivity contribution in [2.75, 3.05) is 13.2 Å². The third-order valence-corrected chi connectivity index (χ3v) is 5.90. The molecule has 0 saturated heterocycles. The SMILES string of the molecule is O=C(NCC(O)C(O)c1cnc(Cl)c(C(=O)O)c1)OCC1c2ccccc2-c2ccccc21. The molecular weight excluding hydrogens is 448 g/mol. The molecule has 4 N–H and O–H groups in total. The predicted octanol–water partition coefficient (Wildman–Crippen LogP) is 3.37. The Labute approximate surface area is 194 Å². The first-order chi connectivity index (χ1) is 15.9. The number of halogens is 1. The average molecular weight is 469 g/mol. The van der Waals surface area contributed by atoms with Gasteiger partial charge in [0.15, 0.2) is 0 Å². The smallest absolute Gasteiger partial charge is 0.407 e. The number of aliphatic hydroxyl groups is 2. The van der Waals surface area contributed by atoms with E-state index in [2.05, 4.69) is 10.3 Å². The van der Waals surface area contributed by atoms with E-state index in [1.54, 1.807) is 0 Å². The first-order valence-corrected chi connectivity index (χ1v) is 10.6. The van der Waals surface area contributed by atoms with Gasteiger partial charge in [-0.05, 0) is 28.3 Å². The lowest BCUT2D eigenvalue weighted by Gasteiger charge is -2.19. The predicted molar refractivity (Wildman–Crippen MR) is 120 cm³/mol. The van der Waals surface area contributed by atoms with Crippen LogP contribution in [0, 0.1) is 0 Å². The standard InChI is InChI=1S/C24H21ClN2O6/c25-22-18(23(30)31)9-13(10-26-22)21(29)20(28)11-27-24(32)33-12-19-16-7-3-1-5-14(16)15-6-2-4-8-17(15)19/h1-10,19-21,28-29H,11-12H2,(H,27,32)(H,30,31). The maximum atomic E-state index is 12.2. The summed E-state index contributed by atoms with van der Waals surface area (Å²) in [6.07, 6.45) is -2.49. The Morgan fingerprint density at radius 3 is 2.27 bits per heavy atom. The van der Waals surface area contributed by atoms with Crippen molar-refractivity contribution in [3.63, 3.8) is 0 Å². The van der Waals surface area contributed by atoms with Crippen LogP contribution in [0.4, 0.5) is 4.79 Å². The van der Waals surface area contributed by atoms with Gasteiger partial charge in [-0.1, -0.05) is 60.1 Å². The lowest BCUT2D eigenvalue weighted by molar-refractivity contribution is 0.0183. The van der Waals surface area contributed by atoms with Crippen molar-refractivity contribution in [1.29, 1.82) is 0 Å². The van der Waals surface area contributed by atoms with Gasteiger partial charge in [0, 0.05) is 24.2 Å². The molecule has 9 heteroatoms. The second-order valence-electron chi connectivity index (χ2n) is 7.63. The highest BCUT2D eigenvalue weighted by Crippen LogP contribution is 2.44. The highest BCUT2D eigenvalue weighted by molar-refractivity contribution is 6.32. The molecule has 0 radical (unpaired) electrons. The van der Waals surface area contributed by atoms with Crippen LogP contribution in [0.3, 0.4) is 0 Å². The fraction of sp³-hybridized carbons (Fsp3) is 0.208. The Balaban J connectivity index is 1.35. The molecule has 1 amide bonds. The molecule has 1 aliphatic rings. The van der Waals surface area contributed by atoms with Gasteiger partial charge in [-0.25, -0.2) is 14.6 Å². The lowest BCUT2D eigenvalue weighted by atomic mass is 9.98. The topological polar surface area (TPSA) is 129 Å². The van der Waals surface area contributed by atoms with Crippen LogP contribution in [0.25, 0.3) is 11.1 Å². The average Bonchev–Trinajstić information content (AvgIpc) is 3.14. The molecule has 1 aromatic heterocycles. The van der Waals surface area contributed by atoms with Gasteiger partial charge in [0.05, 0.1) is 5.56 Å². The number of carboxylic acid groups (broad SMARTS) is 1. The van der Waals surface area contributed by atoms with Crippen LogP contribution in [0.1, 0.15) is 39.1 Å². The zero-order chi connectivity index (χ0) is 23.5. The maximum Gasteiger partial charge on any atom is 0.407 e. The molecule has 2 unspecified atom stereocenters. The Bertz CT molecular complexity index is 1160. The third kappa shape index (κ3) is 4.68. The highest BCUT2D eigenvalue weighted by Gasteiger charge is 2.29. The van der Waals surface area contributed by atoms with E-state index >= 15 is 0 Å².